The number of rotatable bonds is 8. The molecule has 0 aliphatic carbocycles. The predicted molar refractivity (Wildman–Crippen MR) is 127 cm³/mol. The van der Waals surface area contributed by atoms with Crippen molar-refractivity contribution in [1.29, 1.82) is 0 Å². The minimum atomic E-state index is -0.109. The molecule has 0 atom stereocenters. The molecule has 0 radical (unpaired) electrons. The largest absolute Gasteiger partial charge is 0.367 e. The van der Waals surface area contributed by atoms with Crippen molar-refractivity contribution in [2.75, 3.05) is 23.7 Å². The first-order valence-electron chi connectivity index (χ1n) is 10.4. The quantitative estimate of drug-likeness (QED) is 0.362. The fraction of sp³-hybridized carbons (Fsp3) is 0.120. The van der Waals surface area contributed by atoms with E-state index in [1.165, 1.54) is 0 Å². The monoisotopic (exact) mass is 424 g/mol. The van der Waals surface area contributed by atoms with Crippen molar-refractivity contribution in [3.63, 3.8) is 0 Å². The molecular weight excluding hydrogens is 400 g/mol. The summed E-state index contributed by atoms with van der Waals surface area (Å²) < 4.78 is 0. The maximum Gasteiger partial charge on any atom is 0.251 e. The maximum atomic E-state index is 12.4. The summed E-state index contributed by atoms with van der Waals surface area (Å²) in [7, 11) is 0. The van der Waals surface area contributed by atoms with Crippen LogP contribution in [0.15, 0.2) is 85.1 Å². The van der Waals surface area contributed by atoms with Gasteiger partial charge in [0.2, 0.25) is 0 Å². The van der Waals surface area contributed by atoms with Crippen molar-refractivity contribution in [1.82, 2.24) is 20.5 Å². The molecule has 2 heterocycles. The van der Waals surface area contributed by atoms with Crippen molar-refractivity contribution < 1.29 is 4.79 Å². The zero-order valence-electron chi connectivity index (χ0n) is 17.7. The Hall–Kier alpha value is -4.26. The molecule has 4 rings (SSSR count). The van der Waals surface area contributed by atoms with Gasteiger partial charge in [0.1, 0.15) is 11.6 Å². The molecule has 160 valence electrons. The van der Waals surface area contributed by atoms with Crippen LogP contribution in [0.4, 0.5) is 17.5 Å². The Bertz CT molecular complexity index is 1160. The number of aryl methyl sites for hydroxylation is 1. The zero-order chi connectivity index (χ0) is 22.2. The molecule has 0 spiro atoms. The van der Waals surface area contributed by atoms with E-state index in [-0.39, 0.29) is 5.91 Å². The smallest absolute Gasteiger partial charge is 0.251 e. The molecule has 0 saturated carbocycles. The molecule has 7 heteroatoms. The zero-order valence-corrected chi connectivity index (χ0v) is 17.7. The summed E-state index contributed by atoms with van der Waals surface area (Å²) in [6.45, 7) is 3.01. The van der Waals surface area contributed by atoms with E-state index in [9.17, 15) is 4.79 Å². The highest BCUT2D eigenvalue weighted by molar-refractivity contribution is 5.94. The van der Waals surface area contributed by atoms with E-state index < -0.39 is 0 Å². The SMILES string of the molecule is Cc1ccnc(Nc2ccc(NCCNC(=O)c3ccc(-c4ccccc4)cc3)nn2)c1. The van der Waals surface area contributed by atoms with Gasteiger partial charge in [-0.15, -0.1) is 10.2 Å². The maximum absolute atomic E-state index is 12.4. The van der Waals surface area contributed by atoms with Gasteiger partial charge in [0.05, 0.1) is 0 Å². The van der Waals surface area contributed by atoms with Crippen LogP contribution in [-0.2, 0) is 0 Å². The average molecular weight is 425 g/mol. The summed E-state index contributed by atoms with van der Waals surface area (Å²) in [6.07, 6.45) is 1.74. The molecular formula is C25H24N6O. The lowest BCUT2D eigenvalue weighted by atomic mass is 10.0. The first-order valence-corrected chi connectivity index (χ1v) is 10.4. The lowest BCUT2D eigenvalue weighted by Gasteiger charge is -2.09. The van der Waals surface area contributed by atoms with E-state index in [0.29, 0.717) is 30.3 Å². The van der Waals surface area contributed by atoms with E-state index in [1.54, 1.807) is 6.20 Å². The third-order valence-electron chi connectivity index (χ3n) is 4.81. The Balaban J connectivity index is 1.22. The van der Waals surface area contributed by atoms with Gasteiger partial charge in [0.25, 0.3) is 5.91 Å². The minimum absolute atomic E-state index is 0.109. The summed E-state index contributed by atoms with van der Waals surface area (Å²) in [4.78, 5) is 16.6. The molecule has 0 bridgehead atoms. The molecule has 0 fully saturated rings. The van der Waals surface area contributed by atoms with Crippen molar-refractivity contribution in [3.05, 3.63) is 96.2 Å². The molecule has 0 unspecified atom stereocenters. The van der Waals surface area contributed by atoms with Crippen LogP contribution >= 0.6 is 0 Å². The van der Waals surface area contributed by atoms with E-state index in [1.807, 2.05) is 85.8 Å². The third-order valence-corrected chi connectivity index (χ3v) is 4.81. The number of amides is 1. The van der Waals surface area contributed by atoms with E-state index in [4.69, 9.17) is 0 Å². The summed E-state index contributed by atoms with van der Waals surface area (Å²) in [5.41, 5.74) is 3.95. The molecule has 1 amide bonds. The molecule has 7 nitrogen and oxygen atoms in total. The summed E-state index contributed by atoms with van der Waals surface area (Å²) in [6, 6.07) is 25.2. The third kappa shape index (κ3) is 5.66. The molecule has 3 N–H and O–H groups in total. The van der Waals surface area contributed by atoms with Crippen molar-refractivity contribution >= 4 is 23.4 Å². The summed E-state index contributed by atoms with van der Waals surface area (Å²) in [5.74, 6) is 1.86. The van der Waals surface area contributed by atoms with Crippen molar-refractivity contribution in [3.8, 4) is 11.1 Å². The van der Waals surface area contributed by atoms with Crippen LogP contribution in [0.25, 0.3) is 11.1 Å². The number of carbonyl (C=O) groups is 1. The Kier molecular flexibility index (Phi) is 6.67. The van der Waals surface area contributed by atoms with E-state index >= 15 is 0 Å². The van der Waals surface area contributed by atoms with Gasteiger partial charge in [-0.3, -0.25) is 4.79 Å². The molecule has 4 aromatic rings. The van der Waals surface area contributed by atoms with Crippen molar-refractivity contribution in [2.24, 2.45) is 0 Å². The van der Waals surface area contributed by atoms with Gasteiger partial charge in [-0.2, -0.15) is 0 Å². The second kappa shape index (κ2) is 10.2. The number of nitrogens with zero attached hydrogens (tertiary/aromatic N) is 3. The molecule has 32 heavy (non-hydrogen) atoms. The highest BCUT2D eigenvalue weighted by atomic mass is 16.1. The molecule has 0 aliphatic rings. The predicted octanol–water partition coefficient (Wildman–Crippen LogP) is 4.43. The normalized spacial score (nSPS) is 10.4. The average Bonchev–Trinajstić information content (AvgIpc) is 2.83. The Morgan fingerprint density at radius 1 is 0.781 bits per heavy atom. The lowest BCUT2D eigenvalue weighted by Crippen LogP contribution is -2.28. The van der Waals surface area contributed by atoms with Crippen LogP contribution in [-0.4, -0.2) is 34.2 Å². The highest BCUT2D eigenvalue weighted by Gasteiger charge is 2.06. The highest BCUT2D eigenvalue weighted by Crippen LogP contribution is 2.19. The fourth-order valence-corrected chi connectivity index (χ4v) is 3.14. The number of pyridine rings is 1. The second-order valence-electron chi connectivity index (χ2n) is 7.27. The van der Waals surface area contributed by atoms with Crippen LogP contribution < -0.4 is 16.0 Å². The topological polar surface area (TPSA) is 91.8 Å². The fourth-order valence-electron chi connectivity index (χ4n) is 3.14. The second-order valence-corrected chi connectivity index (χ2v) is 7.27. The van der Waals surface area contributed by atoms with Gasteiger partial charge in [-0.05, 0) is 60.0 Å². The van der Waals surface area contributed by atoms with Gasteiger partial charge in [-0.25, -0.2) is 4.98 Å². The molecule has 2 aromatic heterocycles. The summed E-state index contributed by atoms with van der Waals surface area (Å²) >= 11 is 0. The Morgan fingerprint density at radius 2 is 1.50 bits per heavy atom. The number of hydrogen-bond acceptors (Lipinski definition) is 6. The standard InChI is InChI=1S/C25H24N6O/c1-18-13-14-26-24(17-18)29-23-12-11-22(30-31-23)27-15-16-28-25(32)21-9-7-20(8-10-21)19-5-3-2-4-6-19/h2-14,17H,15-16H2,1H3,(H,27,30)(H,28,32)(H,26,29,31). The van der Waals surface area contributed by atoms with Crippen LogP contribution in [0.2, 0.25) is 0 Å². The minimum Gasteiger partial charge on any atom is -0.367 e. The van der Waals surface area contributed by atoms with Crippen LogP contribution in [0.5, 0.6) is 0 Å². The van der Waals surface area contributed by atoms with Crippen LogP contribution in [0, 0.1) is 6.92 Å². The molecule has 0 aliphatic heterocycles. The van der Waals surface area contributed by atoms with Gasteiger partial charge >= 0.3 is 0 Å². The van der Waals surface area contributed by atoms with Gasteiger partial charge in [-0.1, -0.05) is 42.5 Å². The molecule has 0 saturated heterocycles. The van der Waals surface area contributed by atoms with E-state index in [0.717, 1.165) is 22.5 Å². The first kappa shape index (κ1) is 21.0. The number of anilines is 3. The van der Waals surface area contributed by atoms with Gasteiger partial charge in [0.15, 0.2) is 5.82 Å². The van der Waals surface area contributed by atoms with Crippen LogP contribution in [0.3, 0.4) is 0 Å². The van der Waals surface area contributed by atoms with Gasteiger partial charge in [0, 0.05) is 24.8 Å². The lowest BCUT2D eigenvalue weighted by molar-refractivity contribution is 0.0955. The van der Waals surface area contributed by atoms with Gasteiger partial charge < -0.3 is 16.0 Å². The Morgan fingerprint density at radius 3 is 2.22 bits per heavy atom. The number of carbonyl (C=O) groups excluding carboxylic acids is 1. The first-order chi connectivity index (χ1) is 15.7. The number of nitrogens with one attached hydrogen (secondary N) is 3. The number of aromatic nitrogens is 3. The van der Waals surface area contributed by atoms with E-state index in [2.05, 4.69) is 31.1 Å². The number of hydrogen-bond donors (Lipinski definition) is 3. The number of benzene rings is 2. The van der Waals surface area contributed by atoms with Crippen molar-refractivity contribution in [2.45, 2.75) is 6.92 Å². The molecule has 2 aromatic carbocycles. The van der Waals surface area contributed by atoms with Crippen LogP contribution in [0.1, 0.15) is 15.9 Å². The summed E-state index contributed by atoms with van der Waals surface area (Å²) in [5, 5.41) is 17.5. The Labute approximate surface area is 187 Å².